The van der Waals surface area contributed by atoms with Gasteiger partial charge >= 0.3 is 6.09 Å². The second kappa shape index (κ2) is 8.37. The molecule has 1 aliphatic rings. The van der Waals surface area contributed by atoms with Gasteiger partial charge in [-0.05, 0) is 29.3 Å². The lowest BCUT2D eigenvalue weighted by Crippen LogP contribution is -2.39. The maximum absolute atomic E-state index is 13.0. The van der Waals surface area contributed by atoms with E-state index in [1.807, 2.05) is 60.7 Å². The van der Waals surface area contributed by atoms with Gasteiger partial charge in [0.25, 0.3) is 0 Å². The Bertz CT molecular complexity index is 1020. The Morgan fingerprint density at radius 2 is 1.72 bits per heavy atom. The summed E-state index contributed by atoms with van der Waals surface area (Å²) in [7, 11) is 0. The zero-order valence-electron chi connectivity index (χ0n) is 15.5. The summed E-state index contributed by atoms with van der Waals surface area (Å²) in [6.07, 6.45) is -0.564. The molecule has 5 nitrogen and oxygen atoms in total. The lowest BCUT2D eigenvalue weighted by atomic mass is 9.96. The first kappa shape index (κ1) is 19.0. The normalized spacial score (nSPS) is 15.8. The van der Waals surface area contributed by atoms with Gasteiger partial charge in [0.1, 0.15) is 13.2 Å². The molecular formula is C23H19ClN2O3. The molecule has 1 N–H and O–H groups in total. The topological polar surface area (TPSA) is 58.6 Å². The third kappa shape index (κ3) is 4.25. The number of amides is 2. The van der Waals surface area contributed by atoms with Crippen LogP contribution in [0.4, 0.5) is 10.5 Å². The van der Waals surface area contributed by atoms with E-state index in [1.165, 1.54) is 4.90 Å². The highest BCUT2D eigenvalue weighted by Crippen LogP contribution is 2.37. The number of rotatable bonds is 3. The Balaban J connectivity index is 1.71. The van der Waals surface area contributed by atoms with Crippen LogP contribution in [0.25, 0.3) is 0 Å². The van der Waals surface area contributed by atoms with Gasteiger partial charge in [-0.25, -0.2) is 4.79 Å². The van der Waals surface area contributed by atoms with Crippen molar-refractivity contribution in [1.82, 2.24) is 4.90 Å². The van der Waals surface area contributed by atoms with Crippen LogP contribution in [-0.4, -0.2) is 23.4 Å². The molecule has 3 aromatic rings. The van der Waals surface area contributed by atoms with Crippen LogP contribution in [0.15, 0.2) is 78.9 Å². The summed E-state index contributed by atoms with van der Waals surface area (Å²) in [6, 6.07) is 23.7. The molecule has 0 aliphatic carbocycles. The van der Waals surface area contributed by atoms with Gasteiger partial charge in [0.05, 0.1) is 6.04 Å². The summed E-state index contributed by atoms with van der Waals surface area (Å²) in [5, 5.41) is 3.39. The van der Waals surface area contributed by atoms with Gasteiger partial charge in [-0.1, -0.05) is 72.3 Å². The number of ether oxygens (including phenoxy) is 1. The Morgan fingerprint density at radius 1 is 1.03 bits per heavy atom. The van der Waals surface area contributed by atoms with Crippen LogP contribution in [0.5, 0.6) is 0 Å². The Kier molecular flexibility index (Phi) is 5.49. The molecule has 2 amide bonds. The smallest absolute Gasteiger partial charge is 0.411 e. The van der Waals surface area contributed by atoms with Crippen molar-refractivity contribution in [1.29, 1.82) is 0 Å². The quantitative estimate of drug-likeness (QED) is 0.664. The van der Waals surface area contributed by atoms with Gasteiger partial charge in [-0.2, -0.15) is 0 Å². The monoisotopic (exact) mass is 406 g/mol. The van der Waals surface area contributed by atoms with Crippen LogP contribution in [-0.2, 0) is 16.1 Å². The molecule has 0 bridgehead atoms. The summed E-state index contributed by atoms with van der Waals surface area (Å²) in [6.45, 7) is 0.00118. The molecule has 0 radical (unpaired) electrons. The number of benzene rings is 3. The van der Waals surface area contributed by atoms with E-state index in [0.29, 0.717) is 10.7 Å². The van der Waals surface area contributed by atoms with Gasteiger partial charge in [0.2, 0.25) is 5.91 Å². The molecule has 6 heteroatoms. The number of fused-ring (bicyclic) bond motifs is 1. The van der Waals surface area contributed by atoms with E-state index in [1.54, 1.807) is 18.2 Å². The van der Waals surface area contributed by atoms with Crippen LogP contribution in [0.3, 0.4) is 0 Å². The van der Waals surface area contributed by atoms with Crippen LogP contribution >= 0.6 is 11.6 Å². The van der Waals surface area contributed by atoms with E-state index in [2.05, 4.69) is 5.32 Å². The van der Waals surface area contributed by atoms with Gasteiger partial charge in [-0.3, -0.25) is 9.69 Å². The summed E-state index contributed by atoms with van der Waals surface area (Å²) in [5.74, 6) is -0.288. The average Bonchev–Trinajstić information content (AvgIpc) is 2.89. The zero-order valence-corrected chi connectivity index (χ0v) is 16.3. The molecule has 1 heterocycles. The largest absolute Gasteiger partial charge is 0.445 e. The predicted molar refractivity (Wildman–Crippen MR) is 112 cm³/mol. The Morgan fingerprint density at radius 3 is 2.45 bits per heavy atom. The second-order valence-corrected chi connectivity index (χ2v) is 7.20. The highest BCUT2D eigenvalue weighted by Gasteiger charge is 2.34. The third-order valence-electron chi connectivity index (χ3n) is 4.76. The average molecular weight is 407 g/mol. The third-order valence-corrected chi connectivity index (χ3v) is 5.00. The van der Waals surface area contributed by atoms with Crippen molar-refractivity contribution in [3.8, 4) is 0 Å². The lowest BCUT2D eigenvalue weighted by Gasteiger charge is -2.29. The van der Waals surface area contributed by atoms with Gasteiger partial charge in [0, 0.05) is 16.3 Å². The Hall–Kier alpha value is -3.31. The molecule has 29 heavy (non-hydrogen) atoms. The maximum Gasteiger partial charge on any atom is 0.411 e. The first-order chi connectivity index (χ1) is 14.1. The number of carbonyl (C=O) groups excluding carboxylic acids is 2. The fourth-order valence-electron chi connectivity index (χ4n) is 3.44. The van der Waals surface area contributed by atoms with Crippen molar-refractivity contribution in [2.45, 2.75) is 12.6 Å². The molecule has 1 aliphatic heterocycles. The molecule has 3 aromatic carbocycles. The molecule has 0 saturated heterocycles. The predicted octanol–water partition coefficient (Wildman–Crippen LogP) is 5.02. The second-order valence-electron chi connectivity index (χ2n) is 6.76. The summed E-state index contributed by atoms with van der Waals surface area (Å²) in [4.78, 5) is 27.0. The van der Waals surface area contributed by atoms with E-state index in [9.17, 15) is 9.59 Å². The first-order valence-electron chi connectivity index (χ1n) is 9.23. The number of nitrogens with one attached hydrogen (secondary N) is 1. The lowest BCUT2D eigenvalue weighted by molar-refractivity contribution is -0.117. The standard InChI is InChI=1S/C23H19ClN2O3/c24-18-11-12-20-19(13-18)22(17-9-5-2-6-10-17)26(14-21(27)25-20)23(28)29-15-16-7-3-1-4-8-16/h1-13,22H,14-15H2,(H,25,27)/t22-/m1/s1. The number of nitrogens with zero attached hydrogens (tertiary/aromatic N) is 1. The van der Waals surface area contributed by atoms with E-state index in [4.69, 9.17) is 16.3 Å². The molecule has 4 rings (SSSR count). The van der Waals surface area contributed by atoms with E-state index >= 15 is 0 Å². The van der Waals surface area contributed by atoms with Crippen LogP contribution in [0.1, 0.15) is 22.7 Å². The number of halogens is 1. The molecule has 0 aromatic heterocycles. The molecule has 0 unspecified atom stereocenters. The fourth-order valence-corrected chi connectivity index (χ4v) is 3.62. The number of carbonyl (C=O) groups is 2. The van der Waals surface area contributed by atoms with Crippen molar-refractivity contribution < 1.29 is 14.3 Å². The first-order valence-corrected chi connectivity index (χ1v) is 9.61. The summed E-state index contributed by atoms with van der Waals surface area (Å²) >= 11 is 6.24. The van der Waals surface area contributed by atoms with Crippen molar-refractivity contribution in [3.05, 3.63) is 101 Å². The van der Waals surface area contributed by atoms with Crippen molar-refractivity contribution >= 4 is 29.3 Å². The maximum atomic E-state index is 13.0. The van der Waals surface area contributed by atoms with E-state index < -0.39 is 12.1 Å². The van der Waals surface area contributed by atoms with Crippen molar-refractivity contribution in [2.75, 3.05) is 11.9 Å². The minimum absolute atomic E-state index is 0.126. The highest BCUT2D eigenvalue weighted by molar-refractivity contribution is 6.30. The number of hydrogen-bond donors (Lipinski definition) is 1. The van der Waals surface area contributed by atoms with E-state index in [0.717, 1.165) is 16.7 Å². The van der Waals surface area contributed by atoms with Crippen LogP contribution in [0, 0.1) is 0 Å². The highest BCUT2D eigenvalue weighted by atomic mass is 35.5. The van der Waals surface area contributed by atoms with Crippen molar-refractivity contribution in [2.24, 2.45) is 0 Å². The zero-order chi connectivity index (χ0) is 20.2. The van der Waals surface area contributed by atoms with Gasteiger partial charge in [0.15, 0.2) is 0 Å². The van der Waals surface area contributed by atoms with E-state index in [-0.39, 0.29) is 19.1 Å². The summed E-state index contributed by atoms with van der Waals surface area (Å²) < 4.78 is 5.54. The molecule has 0 spiro atoms. The van der Waals surface area contributed by atoms with Crippen LogP contribution < -0.4 is 5.32 Å². The summed E-state index contributed by atoms with van der Waals surface area (Å²) in [5.41, 5.74) is 3.11. The minimum Gasteiger partial charge on any atom is -0.445 e. The van der Waals surface area contributed by atoms with Gasteiger partial charge in [-0.15, -0.1) is 0 Å². The molecule has 0 saturated carbocycles. The number of anilines is 1. The molecule has 0 fully saturated rings. The number of hydrogen-bond acceptors (Lipinski definition) is 3. The molecular weight excluding hydrogens is 388 g/mol. The minimum atomic E-state index is -0.564. The Labute approximate surface area is 173 Å². The SMILES string of the molecule is O=C1CN(C(=O)OCc2ccccc2)[C@H](c2ccccc2)c2cc(Cl)ccc2N1. The van der Waals surface area contributed by atoms with Crippen LogP contribution in [0.2, 0.25) is 5.02 Å². The molecule has 1 atom stereocenters. The fraction of sp³-hybridized carbons (Fsp3) is 0.130. The van der Waals surface area contributed by atoms with Crippen molar-refractivity contribution in [3.63, 3.8) is 0 Å². The molecule has 146 valence electrons. The van der Waals surface area contributed by atoms with Gasteiger partial charge < -0.3 is 10.1 Å².